The van der Waals surface area contributed by atoms with Crippen LogP contribution in [0.15, 0.2) is 84.9 Å². The van der Waals surface area contributed by atoms with Crippen LogP contribution in [0.1, 0.15) is 35.4 Å². The predicted octanol–water partition coefficient (Wildman–Crippen LogP) is 6.04. The fraction of sp³-hybridized carbons (Fsp3) is 0.250. The molecule has 1 unspecified atom stereocenters. The minimum Gasteiger partial charge on any atom is -0.497 e. The Balaban J connectivity index is 1.65. The van der Waals surface area contributed by atoms with E-state index in [9.17, 15) is 0 Å². The minimum atomic E-state index is 0.587. The predicted molar refractivity (Wildman–Crippen MR) is 105 cm³/mol. The van der Waals surface area contributed by atoms with Crippen molar-refractivity contribution in [3.8, 4) is 5.75 Å². The van der Waals surface area contributed by atoms with E-state index >= 15 is 0 Å². The van der Waals surface area contributed by atoms with Crippen LogP contribution in [0.4, 0.5) is 0 Å². The third kappa shape index (κ3) is 5.22. The molecule has 0 aromatic heterocycles. The molecule has 0 heterocycles. The fourth-order valence-corrected chi connectivity index (χ4v) is 3.32. The van der Waals surface area contributed by atoms with Gasteiger partial charge in [0.25, 0.3) is 0 Å². The highest BCUT2D eigenvalue weighted by molar-refractivity contribution is 5.28. The van der Waals surface area contributed by atoms with Crippen molar-refractivity contribution in [2.45, 2.75) is 31.6 Å². The van der Waals surface area contributed by atoms with Crippen LogP contribution in [0.5, 0.6) is 5.75 Å². The molecule has 1 heteroatoms. The third-order valence-corrected chi connectivity index (χ3v) is 4.84. The molecule has 0 saturated carbocycles. The summed E-state index contributed by atoms with van der Waals surface area (Å²) >= 11 is 0. The van der Waals surface area contributed by atoms with Gasteiger partial charge in [-0.3, -0.25) is 0 Å². The van der Waals surface area contributed by atoms with Crippen molar-refractivity contribution in [3.05, 3.63) is 102 Å². The molecule has 0 spiro atoms. The third-order valence-electron chi connectivity index (χ3n) is 4.84. The zero-order valence-electron chi connectivity index (χ0n) is 14.9. The van der Waals surface area contributed by atoms with E-state index < -0.39 is 0 Å². The topological polar surface area (TPSA) is 9.23 Å². The van der Waals surface area contributed by atoms with Gasteiger partial charge < -0.3 is 4.74 Å². The van der Waals surface area contributed by atoms with Gasteiger partial charge in [-0.15, -0.1) is 0 Å². The van der Waals surface area contributed by atoms with E-state index in [-0.39, 0.29) is 0 Å². The van der Waals surface area contributed by atoms with Gasteiger partial charge in [-0.2, -0.15) is 0 Å². The van der Waals surface area contributed by atoms with Crippen LogP contribution in [-0.2, 0) is 12.8 Å². The molecule has 0 N–H and O–H groups in total. The molecule has 3 rings (SSSR count). The van der Waals surface area contributed by atoms with Gasteiger partial charge in [0.05, 0.1) is 7.11 Å². The number of rotatable bonds is 8. The first kappa shape index (κ1) is 17.3. The summed E-state index contributed by atoms with van der Waals surface area (Å²) in [6, 6.07) is 30.2. The maximum atomic E-state index is 5.25. The summed E-state index contributed by atoms with van der Waals surface area (Å²) in [5.41, 5.74) is 4.25. The average molecular weight is 330 g/mol. The first-order valence-electron chi connectivity index (χ1n) is 9.07. The number of hydrogen-bond donors (Lipinski definition) is 0. The molecule has 0 fully saturated rings. The number of benzene rings is 3. The van der Waals surface area contributed by atoms with Crippen LogP contribution in [0.3, 0.4) is 0 Å². The van der Waals surface area contributed by atoms with Crippen LogP contribution >= 0.6 is 0 Å². The van der Waals surface area contributed by atoms with Crippen molar-refractivity contribution in [3.63, 3.8) is 0 Å². The Labute approximate surface area is 151 Å². The second-order valence-corrected chi connectivity index (χ2v) is 6.52. The molecule has 0 aliphatic rings. The quantitative estimate of drug-likeness (QED) is 0.489. The molecular weight excluding hydrogens is 304 g/mol. The normalized spacial score (nSPS) is 11.9. The van der Waals surface area contributed by atoms with Crippen molar-refractivity contribution < 1.29 is 4.74 Å². The highest BCUT2D eigenvalue weighted by atomic mass is 16.5. The Bertz CT molecular complexity index is 732. The van der Waals surface area contributed by atoms with E-state index in [2.05, 4.69) is 84.9 Å². The lowest BCUT2D eigenvalue weighted by atomic mass is 9.87. The van der Waals surface area contributed by atoms with E-state index in [0.29, 0.717) is 5.92 Å². The zero-order valence-corrected chi connectivity index (χ0v) is 14.9. The maximum Gasteiger partial charge on any atom is 0.118 e. The van der Waals surface area contributed by atoms with Crippen LogP contribution in [0.25, 0.3) is 0 Å². The molecule has 1 atom stereocenters. The Morgan fingerprint density at radius 2 is 1.16 bits per heavy atom. The largest absolute Gasteiger partial charge is 0.497 e. The highest BCUT2D eigenvalue weighted by Crippen LogP contribution is 2.27. The Morgan fingerprint density at radius 3 is 1.72 bits per heavy atom. The second kappa shape index (κ2) is 9.08. The van der Waals surface area contributed by atoms with Gasteiger partial charge in [0.2, 0.25) is 0 Å². The Hall–Kier alpha value is -2.54. The van der Waals surface area contributed by atoms with E-state index in [1.807, 2.05) is 0 Å². The molecule has 1 nitrogen and oxygen atoms in total. The Morgan fingerprint density at radius 1 is 0.640 bits per heavy atom. The lowest BCUT2D eigenvalue weighted by molar-refractivity contribution is 0.414. The smallest absolute Gasteiger partial charge is 0.118 e. The summed E-state index contributed by atoms with van der Waals surface area (Å²) in [6.45, 7) is 0. The zero-order chi connectivity index (χ0) is 17.3. The highest BCUT2D eigenvalue weighted by Gasteiger charge is 2.12. The average Bonchev–Trinajstić information content (AvgIpc) is 2.70. The van der Waals surface area contributed by atoms with Crippen molar-refractivity contribution in [2.24, 2.45) is 0 Å². The fourth-order valence-electron chi connectivity index (χ4n) is 3.32. The van der Waals surface area contributed by atoms with E-state index in [1.165, 1.54) is 29.5 Å². The molecule has 128 valence electrons. The molecular formula is C24H26O. The summed E-state index contributed by atoms with van der Waals surface area (Å²) < 4.78 is 5.25. The molecule has 25 heavy (non-hydrogen) atoms. The molecule has 0 saturated heterocycles. The molecule has 3 aromatic carbocycles. The van der Waals surface area contributed by atoms with Crippen molar-refractivity contribution in [1.29, 1.82) is 0 Å². The van der Waals surface area contributed by atoms with Crippen molar-refractivity contribution >= 4 is 0 Å². The SMILES string of the molecule is COc1ccc(CCC(CCc2ccccc2)c2ccccc2)cc1. The van der Waals surface area contributed by atoms with Gasteiger partial charge in [0, 0.05) is 0 Å². The molecule has 0 bridgehead atoms. The monoisotopic (exact) mass is 330 g/mol. The summed E-state index contributed by atoms with van der Waals surface area (Å²) in [7, 11) is 1.71. The van der Waals surface area contributed by atoms with Crippen molar-refractivity contribution in [1.82, 2.24) is 0 Å². The maximum absolute atomic E-state index is 5.25. The molecule has 0 aliphatic heterocycles. The van der Waals surface area contributed by atoms with Gasteiger partial charge in [-0.1, -0.05) is 72.8 Å². The van der Waals surface area contributed by atoms with Gasteiger partial charge in [-0.05, 0) is 60.4 Å². The molecule has 0 radical (unpaired) electrons. The van der Waals surface area contributed by atoms with E-state index in [0.717, 1.165) is 18.6 Å². The van der Waals surface area contributed by atoms with Gasteiger partial charge >= 0.3 is 0 Å². The first-order valence-corrected chi connectivity index (χ1v) is 9.07. The summed E-state index contributed by atoms with van der Waals surface area (Å²) in [5, 5.41) is 0. The number of ether oxygens (including phenoxy) is 1. The van der Waals surface area contributed by atoms with Crippen LogP contribution in [-0.4, -0.2) is 7.11 Å². The Kier molecular flexibility index (Phi) is 6.28. The second-order valence-electron chi connectivity index (χ2n) is 6.52. The molecule has 3 aromatic rings. The van der Waals surface area contributed by atoms with Crippen molar-refractivity contribution in [2.75, 3.05) is 7.11 Å². The lowest BCUT2D eigenvalue weighted by Gasteiger charge is -2.18. The van der Waals surface area contributed by atoms with Gasteiger partial charge in [0.1, 0.15) is 5.75 Å². The first-order chi connectivity index (χ1) is 12.3. The molecule has 0 amide bonds. The number of methoxy groups -OCH3 is 1. The summed E-state index contributed by atoms with van der Waals surface area (Å²) in [4.78, 5) is 0. The van der Waals surface area contributed by atoms with Gasteiger partial charge in [-0.25, -0.2) is 0 Å². The van der Waals surface area contributed by atoms with E-state index in [1.54, 1.807) is 7.11 Å². The lowest BCUT2D eigenvalue weighted by Crippen LogP contribution is -2.03. The van der Waals surface area contributed by atoms with Crippen LogP contribution < -0.4 is 4.74 Å². The number of aryl methyl sites for hydroxylation is 2. The van der Waals surface area contributed by atoms with Gasteiger partial charge in [0.15, 0.2) is 0 Å². The summed E-state index contributed by atoms with van der Waals surface area (Å²) in [5.74, 6) is 1.51. The van der Waals surface area contributed by atoms with E-state index in [4.69, 9.17) is 4.74 Å². The number of hydrogen-bond acceptors (Lipinski definition) is 1. The minimum absolute atomic E-state index is 0.587. The van der Waals surface area contributed by atoms with Crippen LogP contribution in [0.2, 0.25) is 0 Å². The summed E-state index contributed by atoms with van der Waals surface area (Å²) in [6.07, 6.45) is 4.58. The molecule has 0 aliphatic carbocycles. The van der Waals surface area contributed by atoms with Crippen LogP contribution in [0, 0.1) is 0 Å². The standard InChI is InChI=1S/C24H26O/c1-25-24-18-14-21(15-19-24)13-17-23(22-10-6-3-7-11-22)16-12-20-8-4-2-5-9-20/h2-11,14-15,18-19,23H,12-13,16-17H2,1H3.